The first-order valence-corrected chi connectivity index (χ1v) is 5.77. The second-order valence-corrected chi connectivity index (χ2v) is 4.03. The largest absolute Gasteiger partial charge is 0.461 e. The van der Waals surface area contributed by atoms with Crippen molar-refractivity contribution in [3.8, 4) is 0 Å². The molecule has 0 unspecified atom stereocenters. The van der Waals surface area contributed by atoms with E-state index in [-0.39, 0.29) is 5.69 Å². The van der Waals surface area contributed by atoms with Crippen LogP contribution in [0.3, 0.4) is 0 Å². The Morgan fingerprint density at radius 2 is 2.18 bits per heavy atom. The molecule has 0 aliphatic carbocycles. The van der Waals surface area contributed by atoms with Crippen LogP contribution in [0, 0.1) is 0 Å². The lowest BCUT2D eigenvalue weighted by atomic mass is 10.3. The Kier molecular flexibility index (Phi) is 3.63. The summed E-state index contributed by atoms with van der Waals surface area (Å²) in [5, 5.41) is 0. The fourth-order valence-corrected chi connectivity index (χ4v) is 1.71. The Morgan fingerprint density at radius 1 is 1.47 bits per heavy atom. The summed E-state index contributed by atoms with van der Waals surface area (Å²) in [4.78, 5) is 19.8. The quantitative estimate of drug-likeness (QED) is 0.720. The average Bonchev–Trinajstić information content (AvgIpc) is 2.80. The van der Waals surface area contributed by atoms with E-state index in [9.17, 15) is 4.79 Å². The van der Waals surface area contributed by atoms with E-state index in [1.54, 1.807) is 6.92 Å². The van der Waals surface area contributed by atoms with Gasteiger partial charge in [0.15, 0.2) is 5.69 Å². The van der Waals surface area contributed by atoms with Crippen LogP contribution in [0.5, 0.6) is 0 Å². The van der Waals surface area contributed by atoms with Crippen molar-refractivity contribution in [2.24, 2.45) is 0 Å². The zero-order valence-corrected chi connectivity index (χ0v) is 10.2. The van der Waals surface area contributed by atoms with Gasteiger partial charge in [0, 0.05) is 26.2 Å². The van der Waals surface area contributed by atoms with E-state index in [0.717, 1.165) is 26.2 Å². The summed E-state index contributed by atoms with van der Waals surface area (Å²) in [5.74, 6) is -0.434. The first kappa shape index (κ1) is 11.9. The summed E-state index contributed by atoms with van der Waals surface area (Å²) in [6.07, 6.45) is 1.35. The first-order chi connectivity index (χ1) is 8.20. The molecule has 0 atom stereocenters. The van der Waals surface area contributed by atoms with E-state index >= 15 is 0 Å². The van der Waals surface area contributed by atoms with Crippen LogP contribution < -0.4 is 4.90 Å². The van der Waals surface area contributed by atoms with Gasteiger partial charge in [-0.1, -0.05) is 0 Å². The van der Waals surface area contributed by atoms with E-state index in [0.29, 0.717) is 12.6 Å². The Hall–Kier alpha value is -1.56. The maximum absolute atomic E-state index is 11.4. The van der Waals surface area contributed by atoms with E-state index in [1.807, 2.05) is 4.90 Å². The Morgan fingerprint density at radius 3 is 2.82 bits per heavy atom. The van der Waals surface area contributed by atoms with Crippen LogP contribution in [0.2, 0.25) is 0 Å². The number of carbonyl (C=O) groups is 1. The van der Waals surface area contributed by atoms with Gasteiger partial charge >= 0.3 is 5.97 Å². The lowest BCUT2D eigenvalue weighted by Crippen LogP contribution is -2.44. The number of aromatic nitrogens is 1. The predicted molar refractivity (Wildman–Crippen MR) is 62.2 cm³/mol. The van der Waals surface area contributed by atoms with Gasteiger partial charge in [0.05, 0.1) is 6.61 Å². The number of anilines is 1. The summed E-state index contributed by atoms with van der Waals surface area (Å²) in [7, 11) is 2.08. The second kappa shape index (κ2) is 5.18. The van der Waals surface area contributed by atoms with E-state index in [1.165, 1.54) is 6.26 Å². The van der Waals surface area contributed by atoms with Gasteiger partial charge in [-0.15, -0.1) is 0 Å². The summed E-state index contributed by atoms with van der Waals surface area (Å²) in [5.41, 5.74) is 0.237. The maximum Gasteiger partial charge on any atom is 0.360 e. The topological polar surface area (TPSA) is 58.8 Å². The third-order valence-corrected chi connectivity index (χ3v) is 2.75. The van der Waals surface area contributed by atoms with E-state index in [2.05, 4.69) is 16.9 Å². The van der Waals surface area contributed by atoms with Crippen LogP contribution in [0.15, 0.2) is 10.7 Å². The maximum atomic E-state index is 11.4. The third-order valence-electron chi connectivity index (χ3n) is 2.75. The Bertz CT molecular complexity index is 383. The number of piperazine rings is 1. The van der Waals surface area contributed by atoms with E-state index < -0.39 is 5.97 Å². The molecule has 1 aromatic rings. The number of oxazole rings is 1. The highest BCUT2D eigenvalue weighted by Crippen LogP contribution is 2.15. The van der Waals surface area contributed by atoms with Crippen molar-refractivity contribution in [2.75, 3.05) is 44.7 Å². The number of carbonyl (C=O) groups excluding carboxylic acids is 1. The molecule has 1 aromatic heterocycles. The fourth-order valence-electron chi connectivity index (χ4n) is 1.71. The molecule has 0 N–H and O–H groups in total. The lowest BCUT2D eigenvalue weighted by molar-refractivity contribution is 0.0519. The van der Waals surface area contributed by atoms with Crippen molar-refractivity contribution in [3.63, 3.8) is 0 Å². The molecule has 6 nitrogen and oxygen atoms in total. The molecule has 0 radical (unpaired) electrons. The number of rotatable bonds is 3. The molecule has 1 fully saturated rings. The van der Waals surface area contributed by atoms with Crippen LogP contribution in [-0.4, -0.2) is 55.7 Å². The molecule has 1 aliphatic rings. The lowest BCUT2D eigenvalue weighted by Gasteiger charge is -2.31. The minimum Gasteiger partial charge on any atom is -0.461 e. The minimum absolute atomic E-state index is 0.237. The van der Waals surface area contributed by atoms with Gasteiger partial charge in [-0.25, -0.2) is 4.79 Å². The monoisotopic (exact) mass is 239 g/mol. The molecular formula is C11H17N3O3. The van der Waals surface area contributed by atoms with Gasteiger partial charge in [-0.2, -0.15) is 4.98 Å². The van der Waals surface area contributed by atoms with Gasteiger partial charge < -0.3 is 19.0 Å². The van der Waals surface area contributed by atoms with Gasteiger partial charge in [0.25, 0.3) is 6.01 Å². The molecule has 94 valence electrons. The molecule has 0 bridgehead atoms. The van der Waals surface area contributed by atoms with Crippen LogP contribution in [-0.2, 0) is 4.74 Å². The predicted octanol–water partition coefficient (Wildman–Crippen LogP) is 0.603. The summed E-state index contributed by atoms with van der Waals surface area (Å²) < 4.78 is 10.2. The van der Waals surface area contributed by atoms with Crippen LogP contribution in [0.4, 0.5) is 6.01 Å². The molecule has 17 heavy (non-hydrogen) atoms. The number of esters is 1. The number of ether oxygens (including phenoxy) is 1. The van der Waals surface area contributed by atoms with Crippen LogP contribution in [0.1, 0.15) is 17.4 Å². The summed E-state index contributed by atoms with van der Waals surface area (Å²) in [6.45, 7) is 5.77. The number of nitrogens with zero attached hydrogens (tertiary/aromatic N) is 3. The van der Waals surface area contributed by atoms with Crippen molar-refractivity contribution in [3.05, 3.63) is 12.0 Å². The molecule has 2 rings (SSSR count). The molecule has 1 aliphatic heterocycles. The highest BCUT2D eigenvalue weighted by molar-refractivity contribution is 5.87. The van der Waals surface area contributed by atoms with Gasteiger partial charge in [0.2, 0.25) is 0 Å². The molecule has 0 spiro atoms. The summed E-state index contributed by atoms with van der Waals surface area (Å²) >= 11 is 0. The number of likely N-dealkylation sites (N-methyl/N-ethyl adjacent to an activating group) is 1. The number of hydrogen-bond acceptors (Lipinski definition) is 6. The standard InChI is InChI=1S/C11H17N3O3/c1-3-16-10(15)9-8-17-11(12-9)14-6-4-13(2)5-7-14/h8H,3-7H2,1-2H3. The Labute approximate surface area is 100 Å². The fraction of sp³-hybridized carbons (Fsp3) is 0.636. The molecule has 6 heteroatoms. The highest BCUT2D eigenvalue weighted by atomic mass is 16.5. The summed E-state index contributed by atoms with van der Waals surface area (Å²) in [6, 6.07) is 0.501. The molecule has 2 heterocycles. The number of hydrogen-bond donors (Lipinski definition) is 0. The molecule has 0 aromatic carbocycles. The van der Waals surface area contributed by atoms with Gasteiger partial charge in [0.1, 0.15) is 6.26 Å². The molecule has 0 saturated carbocycles. The van der Waals surface area contributed by atoms with Crippen LogP contribution >= 0.6 is 0 Å². The third kappa shape index (κ3) is 2.76. The van der Waals surface area contributed by atoms with Crippen molar-refractivity contribution in [1.82, 2.24) is 9.88 Å². The normalized spacial score (nSPS) is 17.2. The Balaban J connectivity index is 2.00. The van der Waals surface area contributed by atoms with Crippen LogP contribution in [0.25, 0.3) is 0 Å². The average molecular weight is 239 g/mol. The SMILES string of the molecule is CCOC(=O)c1coc(N2CCN(C)CC2)n1. The van der Waals surface area contributed by atoms with E-state index in [4.69, 9.17) is 9.15 Å². The first-order valence-electron chi connectivity index (χ1n) is 5.77. The van der Waals surface area contributed by atoms with Gasteiger partial charge in [-0.05, 0) is 14.0 Å². The van der Waals surface area contributed by atoms with Crippen molar-refractivity contribution in [1.29, 1.82) is 0 Å². The van der Waals surface area contributed by atoms with Gasteiger partial charge in [-0.3, -0.25) is 0 Å². The van der Waals surface area contributed by atoms with Crippen molar-refractivity contribution >= 4 is 12.0 Å². The zero-order chi connectivity index (χ0) is 12.3. The van der Waals surface area contributed by atoms with Crippen molar-refractivity contribution in [2.45, 2.75) is 6.92 Å². The zero-order valence-electron chi connectivity index (χ0n) is 10.2. The van der Waals surface area contributed by atoms with Crippen molar-refractivity contribution < 1.29 is 13.9 Å². The highest BCUT2D eigenvalue weighted by Gasteiger charge is 2.20. The smallest absolute Gasteiger partial charge is 0.360 e. The molecule has 1 saturated heterocycles. The minimum atomic E-state index is -0.434. The molecule has 0 amide bonds. The second-order valence-electron chi connectivity index (χ2n) is 4.03. The molecular weight excluding hydrogens is 222 g/mol.